The molecular weight excluding hydrogens is 294 g/mol. The lowest BCUT2D eigenvalue weighted by molar-refractivity contribution is -0.142. The maximum absolute atomic E-state index is 11.1. The maximum atomic E-state index is 11.1. The van der Waals surface area contributed by atoms with E-state index in [1.807, 2.05) is 6.92 Å². The van der Waals surface area contributed by atoms with Gasteiger partial charge in [0.25, 0.3) is 0 Å². The third-order valence-electron chi connectivity index (χ3n) is 3.65. The van der Waals surface area contributed by atoms with E-state index in [4.69, 9.17) is 5.11 Å². The summed E-state index contributed by atoms with van der Waals surface area (Å²) in [5, 5.41) is 9.11. The first kappa shape index (κ1) is 13.6. The zero-order valence-corrected chi connectivity index (χ0v) is 12.3. The number of halogens is 1. The summed E-state index contributed by atoms with van der Waals surface area (Å²) in [5.74, 6) is -0.662. The highest BCUT2D eigenvalue weighted by atomic mass is 79.9. The van der Waals surface area contributed by atoms with Crippen molar-refractivity contribution in [3.05, 3.63) is 33.8 Å². The summed E-state index contributed by atoms with van der Waals surface area (Å²) in [6.07, 6.45) is 0. The zero-order chi connectivity index (χ0) is 13.3. The molecule has 98 valence electrons. The first-order valence-corrected chi connectivity index (χ1v) is 6.97. The minimum absolute atomic E-state index is 0.223. The van der Waals surface area contributed by atoms with Gasteiger partial charge in [-0.3, -0.25) is 9.69 Å². The van der Waals surface area contributed by atoms with E-state index in [1.165, 1.54) is 11.1 Å². The Kier molecular flexibility index (Phi) is 4.07. The summed E-state index contributed by atoms with van der Waals surface area (Å²) in [6.45, 7) is 6.42. The van der Waals surface area contributed by atoms with E-state index in [0.717, 1.165) is 17.6 Å². The van der Waals surface area contributed by atoms with Crippen LogP contribution >= 0.6 is 15.9 Å². The van der Waals surface area contributed by atoms with Gasteiger partial charge in [-0.25, -0.2) is 0 Å². The number of carboxylic acid groups (broad SMARTS) is 1. The van der Waals surface area contributed by atoms with Crippen LogP contribution < -0.4 is 0 Å². The summed E-state index contributed by atoms with van der Waals surface area (Å²) in [7, 11) is 0. The van der Waals surface area contributed by atoms with Crippen LogP contribution in [0.25, 0.3) is 0 Å². The summed E-state index contributed by atoms with van der Waals surface area (Å²) in [5.41, 5.74) is 2.45. The molecule has 0 aliphatic carbocycles. The average Bonchev–Trinajstić information content (AvgIpc) is 2.65. The molecule has 1 N–H and O–H groups in total. The Morgan fingerprint density at radius 1 is 1.50 bits per heavy atom. The van der Waals surface area contributed by atoms with Gasteiger partial charge >= 0.3 is 5.97 Å². The van der Waals surface area contributed by atoms with Crippen LogP contribution in [0.4, 0.5) is 0 Å². The first-order valence-electron chi connectivity index (χ1n) is 6.17. The Labute approximate surface area is 116 Å². The molecule has 3 nitrogen and oxygen atoms in total. The van der Waals surface area contributed by atoms with E-state index in [0.29, 0.717) is 6.54 Å². The van der Waals surface area contributed by atoms with Crippen molar-refractivity contribution in [1.82, 2.24) is 4.90 Å². The van der Waals surface area contributed by atoms with E-state index in [1.54, 1.807) is 0 Å². The molecule has 0 aromatic heterocycles. The molecule has 4 heteroatoms. The Morgan fingerprint density at radius 3 is 2.78 bits per heavy atom. The number of carboxylic acids is 1. The normalized spacial score (nSPS) is 24.4. The number of carbonyl (C=O) groups is 1. The Bertz CT molecular complexity index is 461. The first-order chi connectivity index (χ1) is 8.47. The molecule has 1 aliphatic rings. The quantitative estimate of drug-likeness (QED) is 0.933. The monoisotopic (exact) mass is 311 g/mol. The maximum Gasteiger partial charge on any atom is 0.308 e. The summed E-state index contributed by atoms with van der Waals surface area (Å²) < 4.78 is 1.11. The molecule has 1 saturated heterocycles. The van der Waals surface area contributed by atoms with Gasteiger partial charge in [-0.2, -0.15) is 0 Å². The van der Waals surface area contributed by atoms with Crippen LogP contribution in [0.15, 0.2) is 22.7 Å². The van der Waals surface area contributed by atoms with E-state index in [9.17, 15) is 4.79 Å². The highest BCUT2D eigenvalue weighted by Crippen LogP contribution is 2.26. The Balaban J connectivity index is 2.03. The molecule has 1 fully saturated rings. The van der Waals surface area contributed by atoms with Crippen molar-refractivity contribution in [3.63, 3.8) is 0 Å². The van der Waals surface area contributed by atoms with Crippen molar-refractivity contribution in [3.8, 4) is 0 Å². The molecule has 0 radical (unpaired) electrons. The van der Waals surface area contributed by atoms with Crippen molar-refractivity contribution in [2.75, 3.05) is 13.1 Å². The lowest BCUT2D eigenvalue weighted by Crippen LogP contribution is -2.23. The number of benzene rings is 1. The molecule has 0 saturated carbocycles. The van der Waals surface area contributed by atoms with Gasteiger partial charge in [0.15, 0.2) is 0 Å². The van der Waals surface area contributed by atoms with Crippen molar-refractivity contribution >= 4 is 21.9 Å². The molecule has 0 bridgehead atoms. The fourth-order valence-corrected chi connectivity index (χ4v) is 2.94. The molecular formula is C14H18BrNO2. The van der Waals surface area contributed by atoms with Gasteiger partial charge in [-0.1, -0.05) is 35.0 Å². The highest BCUT2D eigenvalue weighted by molar-refractivity contribution is 9.10. The Morgan fingerprint density at radius 2 is 2.22 bits per heavy atom. The molecule has 1 aliphatic heterocycles. The standard InChI is InChI=1S/C14H18BrNO2/c1-9-3-4-11(5-13(9)15)7-16-6-10(2)12(8-16)14(17)18/h3-5,10,12H,6-8H2,1-2H3,(H,17,18). The number of aryl methyl sites for hydroxylation is 1. The van der Waals surface area contributed by atoms with Crippen molar-refractivity contribution in [1.29, 1.82) is 0 Å². The second-order valence-corrected chi connectivity index (χ2v) is 6.05. The number of aliphatic carboxylic acids is 1. The summed E-state index contributed by atoms with van der Waals surface area (Å²) in [6, 6.07) is 6.32. The van der Waals surface area contributed by atoms with Gasteiger partial charge in [0.1, 0.15) is 0 Å². The molecule has 2 atom stereocenters. The smallest absolute Gasteiger partial charge is 0.308 e. The zero-order valence-electron chi connectivity index (χ0n) is 10.7. The van der Waals surface area contributed by atoms with Crippen LogP contribution in [0.1, 0.15) is 18.1 Å². The van der Waals surface area contributed by atoms with E-state index in [2.05, 4.69) is 46.0 Å². The van der Waals surface area contributed by atoms with Crippen LogP contribution in [0.5, 0.6) is 0 Å². The van der Waals surface area contributed by atoms with E-state index >= 15 is 0 Å². The van der Waals surface area contributed by atoms with Gasteiger partial charge < -0.3 is 5.11 Å². The second-order valence-electron chi connectivity index (χ2n) is 5.20. The van der Waals surface area contributed by atoms with E-state index in [-0.39, 0.29) is 11.8 Å². The number of nitrogens with zero attached hydrogens (tertiary/aromatic N) is 1. The van der Waals surface area contributed by atoms with Gasteiger partial charge in [0.2, 0.25) is 0 Å². The molecule has 1 heterocycles. The minimum atomic E-state index is -0.671. The van der Waals surface area contributed by atoms with Gasteiger partial charge in [0.05, 0.1) is 5.92 Å². The number of likely N-dealkylation sites (tertiary alicyclic amines) is 1. The van der Waals surface area contributed by atoms with E-state index < -0.39 is 5.97 Å². The SMILES string of the molecule is Cc1ccc(CN2CC(C)C(C(=O)O)C2)cc1Br. The second kappa shape index (κ2) is 5.41. The van der Waals surface area contributed by atoms with Crippen LogP contribution in [-0.2, 0) is 11.3 Å². The summed E-state index contributed by atoms with van der Waals surface area (Å²) >= 11 is 3.53. The predicted molar refractivity (Wildman–Crippen MR) is 74.4 cm³/mol. The van der Waals surface area contributed by atoms with Crippen LogP contribution in [-0.4, -0.2) is 29.1 Å². The van der Waals surface area contributed by atoms with Crippen LogP contribution in [0.3, 0.4) is 0 Å². The lowest BCUT2D eigenvalue weighted by Gasteiger charge is -2.15. The predicted octanol–water partition coefficient (Wildman–Crippen LogP) is 2.91. The lowest BCUT2D eigenvalue weighted by atomic mass is 9.99. The molecule has 2 rings (SSSR count). The average molecular weight is 312 g/mol. The third-order valence-corrected chi connectivity index (χ3v) is 4.50. The number of rotatable bonds is 3. The molecule has 0 amide bonds. The van der Waals surface area contributed by atoms with Gasteiger partial charge in [0, 0.05) is 24.1 Å². The number of hydrogen-bond donors (Lipinski definition) is 1. The molecule has 1 aromatic rings. The van der Waals surface area contributed by atoms with Crippen LogP contribution in [0, 0.1) is 18.8 Å². The van der Waals surface area contributed by atoms with Crippen molar-refractivity contribution in [2.24, 2.45) is 11.8 Å². The van der Waals surface area contributed by atoms with Gasteiger partial charge in [-0.05, 0) is 30.0 Å². The highest BCUT2D eigenvalue weighted by Gasteiger charge is 2.34. The van der Waals surface area contributed by atoms with Crippen LogP contribution in [0.2, 0.25) is 0 Å². The largest absolute Gasteiger partial charge is 0.481 e. The molecule has 18 heavy (non-hydrogen) atoms. The molecule has 1 aromatic carbocycles. The van der Waals surface area contributed by atoms with Gasteiger partial charge in [-0.15, -0.1) is 0 Å². The fourth-order valence-electron chi connectivity index (χ4n) is 2.51. The molecule has 2 unspecified atom stereocenters. The topological polar surface area (TPSA) is 40.5 Å². The minimum Gasteiger partial charge on any atom is -0.481 e. The Hall–Kier alpha value is -0.870. The third kappa shape index (κ3) is 2.93. The van der Waals surface area contributed by atoms with Crippen molar-refractivity contribution < 1.29 is 9.90 Å². The van der Waals surface area contributed by atoms with Crippen molar-refractivity contribution in [2.45, 2.75) is 20.4 Å². The number of hydrogen-bond acceptors (Lipinski definition) is 2. The summed E-state index contributed by atoms with van der Waals surface area (Å²) in [4.78, 5) is 13.3. The molecule has 0 spiro atoms. The fraction of sp³-hybridized carbons (Fsp3) is 0.500.